The van der Waals surface area contributed by atoms with Gasteiger partial charge < -0.3 is 14.6 Å². The molecule has 1 aliphatic rings. The Labute approximate surface area is 136 Å². The number of methoxy groups -OCH3 is 1. The zero-order valence-corrected chi connectivity index (χ0v) is 13.7. The van der Waals surface area contributed by atoms with Crippen molar-refractivity contribution in [3.05, 3.63) is 57.0 Å². The van der Waals surface area contributed by atoms with Crippen LogP contribution in [0, 0.1) is 0 Å². The summed E-state index contributed by atoms with van der Waals surface area (Å²) in [5.74, 6) is 1.36. The molecule has 110 valence electrons. The molecular formula is C16H14BrClO3. The number of aliphatic hydroxyl groups is 1. The third-order valence-electron chi connectivity index (χ3n) is 3.60. The number of benzene rings is 2. The average molecular weight is 370 g/mol. The number of hydrogen-bond donors (Lipinski definition) is 1. The minimum atomic E-state index is -0.563. The Morgan fingerprint density at radius 3 is 2.71 bits per heavy atom. The van der Waals surface area contributed by atoms with E-state index in [1.165, 1.54) is 0 Å². The van der Waals surface area contributed by atoms with Crippen LogP contribution in [0.15, 0.2) is 40.9 Å². The lowest BCUT2D eigenvalue weighted by Gasteiger charge is -2.30. The Kier molecular flexibility index (Phi) is 4.11. The maximum atomic E-state index is 10.3. The largest absolute Gasteiger partial charge is 0.497 e. The summed E-state index contributed by atoms with van der Waals surface area (Å²) in [6.45, 7) is 0. The summed E-state index contributed by atoms with van der Waals surface area (Å²) in [5.41, 5.74) is 1.75. The lowest BCUT2D eigenvalue weighted by atomic mass is 9.95. The first kappa shape index (κ1) is 14.7. The molecule has 1 unspecified atom stereocenters. The number of fused-ring (bicyclic) bond motifs is 1. The Hall–Kier alpha value is -1.23. The van der Waals surface area contributed by atoms with Crippen molar-refractivity contribution in [2.24, 2.45) is 0 Å². The van der Waals surface area contributed by atoms with Gasteiger partial charge in [-0.1, -0.05) is 33.6 Å². The van der Waals surface area contributed by atoms with E-state index >= 15 is 0 Å². The minimum Gasteiger partial charge on any atom is -0.497 e. The van der Waals surface area contributed by atoms with Gasteiger partial charge in [0.05, 0.1) is 13.2 Å². The predicted octanol–water partition coefficient (Wildman–Crippen LogP) is 4.67. The molecule has 2 atom stereocenters. The van der Waals surface area contributed by atoms with Crippen LogP contribution in [0.2, 0.25) is 5.02 Å². The van der Waals surface area contributed by atoms with Gasteiger partial charge in [0.25, 0.3) is 0 Å². The standard InChI is InChI=1S/C16H14BrClO3/c1-20-10-3-5-12-14(19)8-16(21-15(12)7-10)11-4-2-9(18)6-13(11)17/h2-7,14,16,19H,8H2,1H3/t14-,16?/m0/s1. The third-order valence-corrected chi connectivity index (χ3v) is 4.52. The van der Waals surface area contributed by atoms with Crippen molar-refractivity contribution >= 4 is 27.5 Å². The Balaban J connectivity index is 1.96. The molecule has 0 radical (unpaired) electrons. The fourth-order valence-corrected chi connectivity index (χ4v) is 3.44. The molecule has 1 heterocycles. The average Bonchev–Trinajstić information content (AvgIpc) is 2.46. The van der Waals surface area contributed by atoms with E-state index in [-0.39, 0.29) is 6.10 Å². The molecule has 2 aromatic carbocycles. The molecule has 1 aliphatic heterocycles. The number of halogens is 2. The van der Waals surface area contributed by atoms with Crippen LogP contribution in [0.1, 0.15) is 29.8 Å². The van der Waals surface area contributed by atoms with Gasteiger partial charge in [0, 0.05) is 33.1 Å². The van der Waals surface area contributed by atoms with Gasteiger partial charge in [-0.2, -0.15) is 0 Å². The van der Waals surface area contributed by atoms with Gasteiger partial charge in [-0.05, 0) is 24.3 Å². The van der Waals surface area contributed by atoms with E-state index in [0.29, 0.717) is 22.9 Å². The molecule has 0 saturated carbocycles. The van der Waals surface area contributed by atoms with Gasteiger partial charge in [-0.15, -0.1) is 0 Å². The quantitative estimate of drug-likeness (QED) is 0.836. The summed E-state index contributed by atoms with van der Waals surface area (Å²) in [6, 6.07) is 11.0. The van der Waals surface area contributed by atoms with Gasteiger partial charge in [-0.25, -0.2) is 0 Å². The third kappa shape index (κ3) is 2.89. The van der Waals surface area contributed by atoms with Gasteiger partial charge in [0.2, 0.25) is 0 Å². The lowest BCUT2D eigenvalue weighted by Crippen LogP contribution is -2.19. The van der Waals surface area contributed by atoms with Crippen molar-refractivity contribution in [2.75, 3.05) is 7.11 Å². The topological polar surface area (TPSA) is 38.7 Å². The summed E-state index contributed by atoms with van der Waals surface area (Å²) in [6.07, 6.45) is -0.294. The molecule has 5 heteroatoms. The molecule has 0 bridgehead atoms. The number of rotatable bonds is 2. The van der Waals surface area contributed by atoms with Crippen LogP contribution in [0.5, 0.6) is 11.5 Å². The van der Waals surface area contributed by atoms with E-state index in [1.807, 2.05) is 30.3 Å². The van der Waals surface area contributed by atoms with Crippen molar-refractivity contribution < 1.29 is 14.6 Å². The first-order valence-corrected chi connectivity index (χ1v) is 7.73. The zero-order valence-electron chi connectivity index (χ0n) is 11.3. The Morgan fingerprint density at radius 1 is 1.24 bits per heavy atom. The second kappa shape index (κ2) is 5.87. The molecule has 0 aliphatic carbocycles. The van der Waals surface area contributed by atoms with E-state index in [1.54, 1.807) is 13.2 Å². The molecule has 0 spiro atoms. The van der Waals surface area contributed by atoms with Gasteiger partial charge >= 0.3 is 0 Å². The molecule has 3 rings (SSSR count). The molecule has 0 aromatic heterocycles. The van der Waals surface area contributed by atoms with Crippen LogP contribution >= 0.6 is 27.5 Å². The maximum Gasteiger partial charge on any atom is 0.129 e. The molecule has 2 aromatic rings. The van der Waals surface area contributed by atoms with Crippen LogP contribution in [0.25, 0.3) is 0 Å². The summed E-state index contributed by atoms with van der Waals surface area (Å²) in [7, 11) is 1.61. The highest BCUT2D eigenvalue weighted by Gasteiger charge is 2.29. The Bertz CT molecular complexity index is 675. The first-order valence-electron chi connectivity index (χ1n) is 6.56. The van der Waals surface area contributed by atoms with Crippen molar-refractivity contribution in [3.63, 3.8) is 0 Å². The summed E-state index contributed by atoms with van der Waals surface area (Å²) in [5, 5.41) is 11.0. The smallest absolute Gasteiger partial charge is 0.129 e. The molecule has 0 saturated heterocycles. The number of hydrogen-bond acceptors (Lipinski definition) is 3. The predicted molar refractivity (Wildman–Crippen MR) is 85.1 cm³/mol. The van der Waals surface area contributed by atoms with E-state index < -0.39 is 6.10 Å². The highest BCUT2D eigenvalue weighted by atomic mass is 79.9. The van der Waals surface area contributed by atoms with Crippen molar-refractivity contribution in [3.8, 4) is 11.5 Å². The molecule has 1 N–H and O–H groups in total. The summed E-state index contributed by atoms with van der Waals surface area (Å²) < 4.78 is 12.1. The fraction of sp³-hybridized carbons (Fsp3) is 0.250. The van der Waals surface area contributed by atoms with E-state index in [9.17, 15) is 5.11 Å². The van der Waals surface area contributed by atoms with Gasteiger partial charge in [0.15, 0.2) is 0 Å². The van der Waals surface area contributed by atoms with Crippen LogP contribution < -0.4 is 9.47 Å². The number of aliphatic hydroxyl groups excluding tert-OH is 1. The second-order valence-electron chi connectivity index (χ2n) is 4.93. The van der Waals surface area contributed by atoms with Crippen LogP contribution in [-0.2, 0) is 0 Å². The van der Waals surface area contributed by atoms with Gasteiger partial charge in [0.1, 0.15) is 17.6 Å². The summed E-state index contributed by atoms with van der Waals surface area (Å²) >= 11 is 9.47. The van der Waals surface area contributed by atoms with Crippen LogP contribution in [0.3, 0.4) is 0 Å². The number of ether oxygens (including phenoxy) is 2. The SMILES string of the molecule is COc1ccc2c(c1)OC(c1ccc(Cl)cc1Br)C[C@@H]2O. The van der Waals surface area contributed by atoms with Crippen molar-refractivity contribution in [1.29, 1.82) is 0 Å². The summed E-state index contributed by atoms with van der Waals surface area (Å²) in [4.78, 5) is 0. The van der Waals surface area contributed by atoms with E-state index in [4.69, 9.17) is 21.1 Å². The van der Waals surface area contributed by atoms with Gasteiger partial charge in [-0.3, -0.25) is 0 Å². The van der Waals surface area contributed by atoms with Crippen LogP contribution in [-0.4, -0.2) is 12.2 Å². The first-order chi connectivity index (χ1) is 10.1. The van der Waals surface area contributed by atoms with E-state index in [2.05, 4.69) is 15.9 Å². The molecule has 0 fully saturated rings. The van der Waals surface area contributed by atoms with Crippen molar-refractivity contribution in [1.82, 2.24) is 0 Å². The normalized spacial score (nSPS) is 20.6. The van der Waals surface area contributed by atoms with E-state index in [0.717, 1.165) is 15.6 Å². The maximum absolute atomic E-state index is 10.3. The van der Waals surface area contributed by atoms with Crippen molar-refractivity contribution in [2.45, 2.75) is 18.6 Å². The van der Waals surface area contributed by atoms with Crippen LogP contribution in [0.4, 0.5) is 0 Å². The molecular weight excluding hydrogens is 356 g/mol. The zero-order chi connectivity index (χ0) is 15.0. The molecule has 0 amide bonds. The highest BCUT2D eigenvalue weighted by molar-refractivity contribution is 9.10. The monoisotopic (exact) mass is 368 g/mol. The molecule has 21 heavy (non-hydrogen) atoms. The fourth-order valence-electron chi connectivity index (χ4n) is 2.50. The molecule has 3 nitrogen and oxygen atoms in total. The Morgan fingerprint density at radius 2 is 2.00 bits per heavy atom. The second-order valence-corrected chi connectivity index (χ2v) is 6.22. The lowest BCUT2D eigenvalue weighted by molar-refractivity contribution is 0.0651. The highest BCUT2D eigenvalue weighted by Crippen LogP contribution is 2.43. The minimum absolute atomic E-state index is 0.230.